The molecule has 0 atom stereocenters. The highest BCUT2D eigenvalue weighted by molar-refractivity contribution is 7.89. The number of imidazole rings is 1. The first-order chi connectivity index (χ1) is 9.49. The van der Waals surface area contributed by atoms with Crippen molar-refractivity contribution in [3.63, 3.8) is 0 Å². The zero-order valence-corrected chi connectivity index (χ0v) is 13.0. The van der Waals surface area contributed by atoms with Gasteiger partial charge in [-0.2, -0.15) is 0 Å². The minimum atomic E-state index is -3.55. The van der Waals surface area contributed by atoms with Gasteiger partial charge < -0.3 is 4.40 Å². The molecule has 0 fully saturated rings. The lowest BCUT2D eigenvalue weighted by atomic mass is 10.3. The van der Waals surface area contributed by atoms with Crippen LogP contribution in [0.2, 0.25) is 0 Å². The van der Waals surface area contributed by atoms with Crippen LogP contribution in [0.3, 0.4) is 0 Å². The molecule has 0 saturated carbocycles. The van der Waals surface area contributed by atoms with Crippen molar-refractivity contribution >= 4 is 15.5 Å². The Balaban J connectivity index is 2.60. The molecule has 2 aromatic heterocycles. The van der Waals surface area contributed by atoms with Crippen LogP contribution in [0.5, 0.6) is 0 Å². The van der Waals surface area contributed by atoms with Crippen molar-refractivity contribution in [1.29, 1.82) is 0 Å². The lowest BCUT2D eigenvalue weighted by molar-refractivity contribution is 0.578. The average molecular weight is 295 g/mol. The number of fused-ring (bicyclic) bond motifs is 1. The Kier molecular flexibility index (Phi) is 4.45. The normalized spacial score (nSPS) is 12.2. The molecule has 0 unspecified atom stereocenters. The summed E-state index contributed by atoms with van der Waals surface area (Å²) in [6.45, 7) is 6.36. The second-order valence-corrected chi connectivity index (χ2v) is 6.62. The van der Waals surface area contributed by atoms with Crippen LogP contribution in [0, 0.1) is 6.92 Å². The van der Waals surface area contributed by atoms with E-state index in [0.717, 1.165) is 30.7 Å². The predicted octanol–water partition coefficient (Wildman–Crippen LogP) is 2.28. The third-order valence-electron chi connectivity index (χ3n) is 3.11. The van der Waals surface area contributed by atoms with Crippen LogP contribution in [0.15, 0.2) is 23.4 Å². The van der Waals surface area contributed by atoms with Crippen molar-refractivity contribution in [3.05, 3.63) is 29.7 Å². The Hall–Kier alpha value is -1.40. The highest BCUT2D eigenvalue weighted by Crippen LogP contribution is 2.20. The van der Waals surface area contributed by atoms with Gasteiger partial charge in [0.25, 0.3) is 10.0 Å². The van der Waals surface area contributed by atoms with Crippen LogP contribution in [-0.2, 0) is 16.4 Å². The fourth-order valence-electron chi connectivity index (χ4n) is 2.13. The van der Waals surface area contributed by atoms with Crippen molar-refractivity contribution in [2.24, 2.45) is 0 Å². The summed E-state index contributed by atoms with van der Waals surface area (Å²) >= 11 is 0. The molecule has 0 aliphatic heterocycles. The summed E-state index contributed by atoms with van der Waals surface area (Å²) in [5.41, 5.74) is 1.67. The summed E-state index contributed by atoms with van der Waals surface area (Å²) in [5, 5.41) is 0.137. The number of hydrogen-bond acceptors (Lipinski definition) is 3. The standard InChI is InChI=1S/C14H21N3O2S/c1-4-6-13-16-14(20(18,19)15-8-5-2)12-10-11(3)7-9-17(12)13/h7,9-10,15H,4-6,8H2,1-3H3. The van der Waals surface area contributed by atoms with Crippen LogP contribution < -0.4 is 4.72 Å². The van der Waals surface area contributed by atoms with Crippen LogP contribution in [-0.4, -0.2) is 24.3 Å². The number of sulfonamides is 1. The summed E-state index contributed by atoms with van der Waals surface area (Å²) in [7, 11) is -3.55. The van der Waals surface area contributed by atoms with Gasteiger partial charge in [-0.3, -0.25) is 0 Å². The van der Waals surface area contributed by atoms with Gasteiger partial charge in [-0.15, -0.1) is 0 Å². The van der Waals surface area contributed by atoms with Gasteiger partial charge >= 0.3 is 0 Å². The van der Waals surface area contributed by atoms with Crippen molar-refractivity contribution < 1.29 is 8.42 Å². The maximum atomic E-state index is 12.3. The second kappa shape index (κ2) is 5.93. The summed E-state index contributed by atoms with van der Waals surface area (Å²) in [6.07, 6.45) is 4.33. The monoisotopic (exact) mass is 295 g/mol. The van der Waals surface area contributed by atoms with Crippen LogP contribution >= 0.6 is 0 Å². The number of nitrogens with one attached hydrogen (secondary N) is 1. The molecule has 0 aromatic carbocycles. The molecule has 0 saturated heterocycles. The largest absolute Gasteiger partial charge is 0.302 e. The minimum Gasteiger partial charge on any atom is -0.302 e. The zero-order chi connectivity index (χ0) is 14.8. The molecule has 1 N–H and O–H groups in total. The van der Waals surface area contributed by atoms with E-state index < -0.39 is 10.0 Å². The average Bonchev–Trinajstić information content (AvgIpc) is 2.76. The first-order valence-electron chi connectivity index (χ1n) is 6.96. The summed E-state index contributed by atoms with van der Waals surface area (Å²) in [4.78, 5) is 4.36. The van der Waals surface area contributed by atoms with Gasteiger partial charge in [0, 0.05) is 19.2 Å². The van der Waals surface area contributed by atoms with Crippen LogP contribution in [0.4, 0.5) is 0 Å². The molecule has 0 amide bonds. The van der Waals surface area contributed by atoms with E-state index in [9.17, 15) is 8.42 Å². The Morgan fingerprint density at radius 1 is 1.30 bits per heavy atom. The Labute approximate surface area is 120 Å². The van der Waals surface area contributed by atoms with Gasteiger partial charge in [0.2, 0.25) is 0 Å². The van der Waals surface area contributed by atoms with Crippen LogP contribution in [0.25, 0.3) is 5.52 Å². The third-order valence-corrected chi connectivity index (χ3v) is 4.50. The fraction of sp³-hybridized carbons (Fsp3) is 0.500. The molecule has 20 heavy (non-hydrogen) atoms. The smallest absolute Gasteiger partial charge is 0.260 e. The molecular formula is C14H21N3O2S. The molecule has 0 aliphatic carbocycles. The van der Waals surface area contributed by atoms with E-state index in [0.29, 0.717) is 12.1 Å². The number of hydrogen-bond donors (Lipinski definition) is 1. The molecule has 6 heteroatoms. The molecule has 110 valence electrons. The van der Waals surface area contributed by atoms with Gasteiger partial charge in [0.05, 0.1) is 5.52 Å². The highest BCUT2D eigenvalue weighted by Gasteiger charge is 2.22. The number of aromatic nitrogens is 2. The van der Waals surface area contributed by atoms with E-state index in [4.69, 9.17) is 0 Å². The maximum Gasteiger partial charge on any atom is 0.260 e. The quantitative estimate of drug-likeness (QED) is 0.889. The molecule has 2 aromatic rings. The first kappa shape index (κ1) is 15.0. The molecule has 2 rings (SSSR count). The SMILES string of the molecule is CCCNS(=O)(=O)c1nc(CCC)n2ccc(C)cc12. The van der Waals surface area contributed by atoms with Crippen LogP contribution in [0.1, 0.15) is 38.1 Å². The maximum absolute atomic E-state index is 12.3. The fourth-order valence-corrected chi connectivity index (χ4v) is 3.39. The van der Waals surface area contributed by atoms with Crippen molar-refractivity contribution in [2.45, 2.75) is 45.1 Å². The van der Waals surface area contributed by atoms with Gasteiger partial charge in [0.15, 0.2) is 5.03 Å². The highest BCUT2D eigenvalue weighted by atomic mass is 32.2. The molecule has 5 nitrogen and oxygen atoms in total. The topological polar surface area (TPSA) is 63.5 Å². The van der Waals surface area contributed by atoms with Gasteiger partial charge in [-0.05, 0) is 37.5 Å². The molecule has 0 bridgehead atoms. The van der Waals surface area contributed by atoms with Gasteiger partial charge in [-0.25, -0.2) is 18.1 Å². The Morgan fingerprint density at radius 3 is 2.70 bits per heavy atom. The zero-order valence-electron chi connectivity index (χ0n) is 12.2. The predicted molar refractivity (Wildman–Crippen MR) is 79.4 cm³/mol. The van der Waals surface area contributed by atoms with Crippen molar-refractivity contribution in [1.82, 2.24) is 14.1 Å². The molecule has 0 radical (unpaired) electrons. The number of pyridine rings is 1. The van der Waals surface area contributed by atoms with Crippen molar-refractivity contribution in [2.75, 3.05) is 6.54 Å². The first-order valence-corrected chi connectivity index (χ1v) is 8.45. The molecule has 0 aliphatic rings. The summed E-state index contributed by atoms with van der Waals surface area (Å²) < 4.78 is 29.2. The van der Waals surface area contributed by atoms with E-state index in [-0.39, 0.29) is 5.03 Å². The number of nitrogens with zero attached hydrogens (tertiary/aromatic N) is 2. The number of rotatable bonds is 6. The third kappa shape index (κ3) is 2.86. The Bertz CT molecular complexity index is 705. The van der Waals surface area contributed by atoms with E-state index >= 15 is 0 Å². The Morgan fingerprint density at radius 2 is 2.05 bits per heavy atom. The summed E-state index contributed by atoms with van der Waals surface area (Å²) in [6, 6.07) is 3.83. The van der Waals surface area contributed by atoms with E-state index in [1.807, 2.05) is 36.6 Å². The van der Waals surface area contributed by atoms with E-state index in [1.165, 1.54) is 0 Å². The molecule has 2 heterocycles. The lowest BCUT2D eigenvalue weighted by Crippen LogP contribution is -2.25. The van der Waals surface area contributed by atoms with E-state index in [1.54, 1.807) is 0 Å². The molecular weight excluding hydrogens is 274 g/mol. The van der Waals surface area contributed by atoms with E-state index in [2.05, 4.69) is 16.6 Å². The lowest BCUT2D eigenvalue weighted by Gasteiger charge is -2.03. The minimum absolute atomic E-state index is 0.137. The summed E-state index contributed by atoms with van der Waals surface area (Å²) in [5.74, 6) is 0.791. The molecule has 0 spiro atoms. The van der Waals surface area contributed by atoms with Crippen molar-refractivity contribution in [3.8, 4) is 0 Å². The second-order valence-electron chi connectivity index (χ2n) is 4.94. The number of aryl methyl sites for hydroxylation is 2. The van der Waals surface area contributed by atoms with Gasteiger partial charge in [0.1, 0.15) is 5.82 Å². The van der Waals surface area contributed by atoms with Gasteiger partial charge in [-0.1, -0.05) is 13.8 Å².